The van der Waals surface area contributed by atoms with Gasteiger partial charge in [-0.05, 0) is 34.6 Å². The van der Waals surface area contributed by atoms with Gasteiger partial charge in [0.25, 0.3) is 11.8 Å². The molecule has 3 N–H and O–H groups in total. The van der Waals surface area contributed by atoms with Crippen LogP contribution in [0.4, 0.5) is 13.2 Å². The van der Waals surface area contributed by atoms with Crippen molar-refractivity contribution in [1.82, 2.24) is 15.2 Å². The number of benzene rings is 1. The summed E-state index contributed by atoms with van der Waals surface area (Å²) in [5, 5.41) is 21.4. The van der Waals surface area contributed by atoms with Crippen LogP contribution in [0.5, 0.6) is 0 Å². The van der Waals surface area contributed by atoms with Crippen LogP contribution in [0.15, 0.2) is 12.1 Å². The quantitative estimate of drug-likeness (QED) is 0.452. The molecule has 2 amide bonds. The number of aromatic nitrogens is 1. The number of amides is 2. The molecule has 1 unspecified atom stereocenters. The van der Waals surface area contributed by atoms with E-state index in [1.807, 2.05) is 0 Å². The molecule has 0 bridgehead atoms. The van der Waals surface area contributed by atoms with Crippen LogP contribution in [0.2, 0.25) is 10.0 Å². The smallest absolute Gasteiger partial charge is 0.389 e. The molecule has 0 saturated carbocycles. The number of halogens is 5. The standard InChI is InChI=1S/C22H26Cl2F3N3O4S/c1-10(2)30(6)19(32)15-16(35-18(29-15)17(31)28-9-20(3,4)33)11-7-8-12(14(24)13(11)23)21(5,34)22(25,26)27/h7-8,10,33-34H,9H2,1-6H3,(H,28,31). The van der Waals surface area contributed by atoms with Crippen molar-refractivity contribution in [2.75, 3.05) is 13.6 Å². The summed E-state index contributed by atoms with van der Waals surface area (Å²) in [5.41, 5.74) is -5.22. The van der Waals surface area contributed by atoms with Crippen molar-refractivity contribution < 1.29 is 33.0 Å². The van der Waals surface area contributed by atoms with Crippen LogP contribution in [-0.2, 0) is 5.60 Å². The fourth-order valence-corrected chi connectivity index (χ4v) is 4.44. The summed E-state index contributed by atoms with van der Waals surface area (Å²) in [6, 6.07) is 1.92. The monoisotopic (exact) mass is 555 g/mol. The van der Waals surface area contributed by atoms with Crippen molar-refractivity contribution >= 4 is 46.4 Å². The Labute approximate surface area is 214 Å². The molecule has 1 aromatic carbocycles. The van der Waals surface area contributed by atoms with E-state index < -0.39 is 39.8 Å². The second-order valence-electron chi connectivity index (χ2n) is 9.06. The van der Waals surface area contributed by atoms with Crippen molar-refractivity contribution in [1.29, 1.82) is 0 Å². The Morgan fingerprint density at radius 3 is 2.20 bits per heavy atom. The molecule has 7 nitrogen and oxygen atoms in total. The molecule has 2 aromatic rings. The molecule has 0 aliphatic heterocycles. The first kappa shape index (κ1) is 29.3. The van der Waals surface area contributed by atoms with Crippen molar-refractivity contribution in [3.8, 4) is 10.4 Å². The number of aliphatic hydroxyl groups is 2. The third kappa shape index (κ3) is 6.26. The van der Waals surface area contributed by atoms with Gasteiger partial charge in [-0.1, -0.05) is 35.3 Å². The predicted octanol–water partition coefficient (Wildman–Crippen LogP) is 4.87. The van der Waals surface area contributed by atoms with E-state index in [0.29, 0.717) is 6.92 Å². The van der Waals surface area contributed by atoms with E-state index >= 15 is 0 Å². The molecule has 1 aromatic heterocycles. The molecule has 13 heteroatoms. The average Bonchev–Trinajstić information content (AvgIpc) is 3.16. The van der Waals surface area contributed by atoms with Crippen LogP contribution in [0.3, 0.4) is 0 Å². The van der Waals surface area contributed by atoms with Crippen LogP contribution in [0.25, 0.3) is 10.4 Å². The second-order valence-corrected chi connectivity index (χ2v) is 10.8. The fraction of sp³-hybridized carbons (Fsp3) is 0.500. The molecule has 0 spiro atoms. The van der Waals surface area contributed by atoms with Gasteiger partial charge in [-0.2, -0.15) is 13.2 Å². The third-order valence-corrected chi connectivity index (χ3v) is 7.17. The van der Waals surface area contributed by atoms with Gasteiger partial charge in [-0.25, -0.2) is 4.98 Å². The highest BCUT2D eigenvalue weighted by molar-refractivity contribution is 7.17. The van der Waals surface area contributed by atoms with Crippen LogP contribution in [0.1, 0.15) is 60.5 Å². The van der Waals surface area contributed by atoms with Gasteiger partial charge >= 0.3 is 6.18 Å². The Bertz CT molecular complexity index is 1130. The van der Waals surface area contributed by atoms with E-state index in [2.05, 4.69) is 10.3 Å². The van der Waals surface area contributed by atoms with Crippen molar-refractivity contribution in [2.45, 2.75) is 58.0 Å². The maximum atomic E-state index is 13.4. The predicted molar refractivity (Wildman–Crippen MR) is 129 cm³/mol. The number of thiazole rings is 1. The van der Waals surface area contributed by atoms with Gasteiger partial charge in [0.1, 0.15) is 5.69 Å². The van der Waals surface area contributed by atoms with Crippen molar-refractivity contribution in [3.05, 3.63) is 38.4 Å². The number of rotatable bonds is 7. The second kappa shape index (κ2) is 10.2. The number of hydrogen-bond acceptors (Lipinski definition) is 6. The van der Waals surface area contributed by atoms with Gasteiger partial charge in [0.15, 0.2) is 10.6 Å². The summed E-state index contributed by atoms with van der Waals surface area (Å²) in [4.78, 5) is 31.4. The molecule has 2 rings (SSSR count). The average molecular weight is 556 g/mol. The largest absolute Gasteiger partial charge is 0.421 e. The molecule has 0 radical (unpaired) electrons. The van der Waals surface area contributed by atoms with E-state index in [-0.39, 0.29) is 38.8 Å². The number of carbonyl (C=O) groups is 2. The van der Waals surface area contributed by atoms with Crippen molar-refractivity contribution in [3.63, 3.8) is 0 Å². The first-order valence-electron chi connectivity index (χ1n) is 10.4. The lowest BCUT2D eigenvalue weighted by Gasteiger charge is -2.28. The Hall–Kier alpha value is -1.92. The van der Waals surface area contributed by atoms with Crippen LogP contribution >= 0.6 is 34.5 Å². The summed E-state index contributed by atoms with van der Waals surface area (Å²) in [7, 11) is 1.53. The Kier molecular flexibility index (Phi) is 8.55. The zero-order valence-electron chi connectivity index (χ0n) is 19.8. The minimum atomic E-state index is -5.03. The fourth-order valence-electron chi connectivity index (χ4n) is 2.77. The maximum Gasteiger partial charge on any atom is 0.421 e. The van der Waals surface area contributed by atoms with Gasteiger partial charge < -0.3 is 20.4 Å². The molecule has 0 aliphatic carbocycles. The number of carbonyl (C=O) groups excluding carboxylic acids is 2. The molecular formula is C22H26Cl2F3N3O4S. The van der Waals surface area contributed by atoms with Crippen LogP contribution in [0, 0.1) is 0 Å². The minimum absolute atomic E-state index is 0.0675. The summed E-state index contributed by atoms with van der Waals surface area (Å²) in [6.45, 7) is 6.97. The first-order valence-corrected chi connectivity index (χ1v) is 11.9. The number of nitrogens with zero attached hydrogens (tertiary/aromatic N) is 2. The van der Waals surface area contributed by atoms with E-state index in [4.69, 9.17) is 23.2 Å². The molecule has 35 heavy (non-hydrogen) atoms. The lowest BCUT2D eigenvalue weighted by molar-refractivity contribution is -0.258. The highest BCUT2D eigenvalue weighted by Gasteiger charge is 2.52. The Balaban J connectivity index is 2.67. The van der Waals surface area contributed by atoms with Gasteiger partial charge in [-0.15, -0.1) is 11.3 Å². The first-order chi connectivity index (χ1) is 15.8. The molecule has 0 saturated heterocycles. The molecule has 1 heterocycles. The molecule has 1 atom stereocenters. The number of alkyl halides is 3. The lowest BCUT2D eigenvalue weighted by Crippen LogP contribution is -2.39. The van der Waals surface area contributed by atoms with Gasteiger partial charge in [0.2, 0.25) is 0 Å². The summed E-state index contributed by atoms with van der Waals surface area (Å²) in [6.07, 6.45) is -5.03. The molecule has 0 fully saturated rings. The van der Waals surface area contributed by atoms with Gasteiger partial charge in [0.05, 0.1) is 20.5 Å². The number of nitrogens with one attached hydrogen (secondary N) is 1. The zero-order chi connectivity index (χ0) is 27.1. The normalized spacial score (nSPS) is 14.1. The highest BCUT2D eigenvalue weighted by Crippen LogP contribution is 2.47. The van der Waals surface area contributed by atoms with E-state index in [9.17, 15) is 33.0 Å². The van der Waals surface area contributed by atoms with Crippen molar-refractivity contribution in [2.24, 2.45) is 0 Å². The topological polar surface area (TPSA) is 103 Å². The Morgan fingerprint density at radius 1 is 1.14 bits per heavy atom. The summed E-state index contributed by atoms with van der Waals surface area (Å²) >= 11 is 13.3. The minimum Gasteiger partial charge on any atom is -0.389 e. The number of hydrogen-bond donors (Lipinski definition) is 3. The van der Waals surface area contributed by atoms with Crippen LogP contribution < -0.4 is 5.32 Å². The lowest BCUT2D eigenvalue weighted by atomic mass is 9.94. The summed E-state index contributed by atoms with van der Waals surface area (Å²) in [5.74, 6) is -1.21. The highest BCUT2D eigenvalue weighted by atomic mass is 35.5. The van der Waals surface area contributed by atoms with E-state index in [1.54, 1.807) is 13.8 Å². The van der Waals surface area contributed by atoms with Gasteiger partial charge in [0, 0.05) is 30.8 Å². The third-order valence-electron chi connectivity index (χ3n) is 5.20. The Morgan fingerprint density at radius 2 is 1.71 bits per heavy atom. The summed E-state index contributed by atoms with van der Waals surface area (Å²) < 4.78 is 40.1. The van der Waals surface area contributed by atoms with E-state index in [1.165, 1.54) is 31.9 Å². The molecule has 194 valence electrons. The molecular weight excluding hydrogens is 530 g/mol. The van der Waals surface area contributed by atoms with Crippen LogP contribution in [-0.4, -0.2) is 63.3 Å². The SMILES string of the molecule is CC(C)N(C)C(=O)c1nc(C(=O)NCC(C)(C)O)sc1-c1ccc(C(C)(O)C(F)(F)F)c(Cl)c1Cl. The molecule has 0 aliphatic rings. The zero-order valence-corrected chi connectivity index (χ0v) is 22.2. The maximum absolute atomic E-state index is 13.4. The van der Waals surface area contributed by atoms with E-state index in [0.717, 1.165) is 17.4 Å². The van der Waals surface area contributed by atoms with Gasteiger partial charge in [-0.3, -0.25) is 9.59 Å².